The molecular weight excluding hydrogens is 231 g/mol. The quantitative estimate of drug-likeness (QED) is 0.866. The summed E-state index contributed by atoms with van der Waals surface area (Å²) in [5.41, 5.74) is -0.394. The van der Waals surface area contributed by atoms with Crippen LogP contribution >= 0.6 is 11.6 Å². The van der Waals surface area contributed by atoms with Crippen LogP contribution < -0.4 is 0 Å². The Morgan fingerprint density at radius 2 is 2.19 bits per heavy atom. The fourth-order valence-electron chi connectivity index (χ4n) is 1.59. The predicted octanol–water partition coefficient (Wildman–Crippen LogP) is 2.81. The molecular formula is C12H16ClFO2. The summed E-state index contributed by atoms with van der Waals surface area (Å²) in [6.45, 7) is 2.06. The van der Waals surface area contributed by atoms with Crippen molar-refractivity contribution in [2.24, 2.45) is 0 Å². The van der Waals surface area contributed by atoms with Crippen LogP contribution in [0.4, 0.5) is 4.39 Å². The summed E-state index contributed by atoms with van der Waals surface area (Å²) in [6.07, 6.45) is 0.807. The molecule has 1 aromatic carbocycles. The van der Waals surface area contributed by atoms with Gasteiger partial charge in [0.15, 0.2) is 0 Å². The largest absolute Gasteiger partial charge is 0.387 e. The van der Waals surface area contributed by atoms with Gasteiger partial charge in [-0.05, 0) is 18.1 Å². The summed E-state index contributed by atoms with van der Waals surface area (Å²) >= 11 is 5.83. The molecule has 1 rings (SSSR count). The average Bonchev–Trinajstić information content (AvgIpc) is 2.25. The van der Waals surface area contributed by atoms with Crippen molar-refractivity contribution in [1.29, 1.82) is 0 Å². The number of methoxy groups -OCH3 is 1. The maximum Gasteiger partial charge on any atom is 0.142 e. The van der Waals surface area contributed by atoms with E-state index < -0.39 is 11.4 Å². The van der Waals surface area contributed by atoms with E-state index in [2.05, 4.69) is 0 Å². The van der Waals surface area contributed by atoms with E-state index in [1.807, 2.05) is 6.92 Å². The van der Waals surface area contributed by atoms with Gasteiger partial charge in [0, 0.05) is 13.5 Å². The second kappa shape index (κ2) is 5.62. The molecule has 0 fully saturated rings. The van der Waals surface area contributed by atoms with Crippen molar-refractivity contribution in [2.75, 3.05) is 13.7 Å². The Balaban J connectivity index is 2.90. The molecule has 0 spiro atoms. The van der Waals surface area contributed by atoms with Crippen molar-refractivity contribution in [3.05, 3.63) is 34.6 Å². The average molecular weight is 247 g/mol. The summed E-state index contributed by atoms with van der Waals surface area (Å²) in [4.78, 5) is 0. The third-order valence-electron chi connectivity index (χ3n) is 2.62. The van der Waals surface area contributed by atoms with Crippen LogP contribution in [0.2, 0.25) is 5.02 Å². The fourth-order valence-corrected chi connectivity index (χ4v) is 1.78. The highest BCUT2D eigenvalue weighted by atomic mass is 35.5. The van der Waals surface area contributed by atoms with Gasteiger partial charge in [0.1, 0.15) is 5.82 Å². The Labute approximate surface area is 100.0 Å². The van der Waals surface area contributed by atoms with Crippen molar-refractivity contribution in [2.45, 2.75) is 25.4 Å². The zero-order chi connectivity index (χ0) is 12.2. The summed E-state index contributed by atoms with van der Waals surface area (Å²) in [5, 5.41) is 10.3. The van der Waals surface area contributed by atoms with E-state index in [1.165, 1.54) is 13.2 Å². The van der Waals surface area contributed by atoms with Crippen molar-refractivity contribution in [3.63, 3.8) is 0 Å². The standard InChI is InChI=1S/C12H16ClFO2/c1-3-12(15,8-16-2)7-9-5-4-6-10(14)11(9)13/h4-6,15H,3,7-8H2,1-2H3. The first-order chi connectivity index (χ1) is 7.52. The smallest absolute Gasteiger partial charge is 0.142 e. The molecule has 0 radical (unpaired) electrons. The van der Waals surface area contributed by atoms with Crippen LogP contribution in [0.1, 0.15) is 18.9 Å². The maximum atomic E-state index is 13.2. The van der Waals surface area contributed by atoms with Gasteiger partial charge in [0.25, 0.3) is 0 Å². The lowest BCUT2D eigenvalue weighted by Gasteiger charge is -2.26. The van der Waals surface area contributed by atoms with Crippen LogP contribution in [0.3, 0.4) is 0 Å². The summed E-state index contributed by atoms with van der Waals surface area (Å²) in [5.74, 6) is -0.463. The second-order valence-corrected chi connectivity index (χ2v) is 4.28. The van der Waals surface area contributed by atoms with E-state index in [4.69, 9.17) is 16.3 Å². The fraction of sp³-hybridized carbons (Fsp3) is 0.500. The van der Waals surface area contributed by atoms with Gasteiger partial charge in [-0.15, -0.1) is 0 Å². The third kappa shape index (κ3) is 3.17. The molecule has 0 aliphatic heterocycles. The molecule has 16 heavy (non-hydrogen) atoms. The molecule has 4 heteroatoms. The number of halogens is 2. The van der Waals surface area contributed by atoms with Crippen LogP contribution in [0, 0.1) is 5.82 Å². The van der Waals surface area contributed by atoms with Crippen molar-refractivity contribution in [1.82, 2.24) is 0 Å². The number of benzene rings is 1. The highest BCUT2D eigenvalue weighted by Gasteiger charge is 2.26. The van der Waals surface area contributed by atoms with Crippen LogP contribution in [0.5, 0.6) is 0 Å². The van der Waals surface area contributed by atoms with E-state index in [1.54, 1.807) is 12.1 Å². The number of aliphatic hydroxyl groups is 1. The molecule has 2 nitrogen and oxygen atoms in total. The van der Waals surface area contributed by atoms with Gasteiger partial charge in [-0.2, -0.15) is 0 Å². The van der Waals surface area contributed by atoms with Gasteiger partial charge < -0.3 is 9.84 Å². The van der Waals surface area contributed by atoms with Crippen LogP contribution in [0.25, 0.3) is 0 Å². The SMILES string of the molecule is CCC(O)(COC)Cc1cccc(F)c1Cl. The molecule has 1 unspecified atom stereocenters. The molecule has 0 aliphatic carbocycles. The number of hydrogen-bond donors (Lipinski definition) is 1. The Hall–Kier alpha value is -0.640. The normalized spacial score (nSPS) is 14.8. The zero-order valence-electron chi connectivity index (χ0n) is 9.46. The number of hydrogen-bond acceptors (Lipinski definition) is 2. The minimum Gasteiger partial charge on any atom is -0.387 e. The first kappa shape index (κ1) is 13.4. The highest BCUT2D eigenvalue weighted by Crippen LogP contribution is 2.25. The molecule has 1 atom stereocenters. The monoisotopic (exact) mass is 246 g/mol. The molecule has 0 saturated heterocycles. The molecule has 0 heterocycles. The van der Waals surface area contributed by atoms with Crippen LogP contribution in [-0.2, 0) is 11.2 Å². The van der Waals surface area contributed by atoms with Crippen molar-refractivity contribution >= 4 is 11.6 Å². The molecule has 1 N–H and O–H groups in total. The lowest BCUT2D eigenvalue weighted by atomic mass is 9.92. The third-order valence-corrected chi connectivity index (χ3v) is 3.05. The minimum absolute atomic E-state index is 0.0745. The summed E-state index contributed by atoms with van der Waals surface area (Å²) < 4.78 is 18.2. The van der Waals surface area contributed by atoms with E-state index in [9.17, 15) is 9.50 Å². The van der Waals surface area contributed by atoms with Gasteiger partial charge in [-0.1, -0.05) is 30.7 Å². The molecule has 0 bridgehead atoms. The number of ether oxygens (including phenoxy) is 1. The van der Waals surface area contributed by atoms with E-state index in [0.29, 0.717) is 12.0 Å². The molecule has 0 saturated carbocycles. The Morgan fingerprint density at radius 3 is 2.75 bits per heavy atom. The molecule has 1 aromatic rings. The molecule has 90 valence electrons. The van der Waals surface area contributed by atoms with Gasteiger partial charge >= 0.3 is 0 Å². The highest BCUT2D eigenvalue weighted by molar-refractivity contribution is 6.31. The molecule has 0 aliphatic rings. The maximum absolute atomic E-state index is 13.2. The van der Waals surface area contributed by atoms with Crippen molar-refractivity contribution in [3.8, 4) is 0 Å². The number of rotatable bonds is 5. The Morgan fingerprint density at radius 1 is 1.50 bits per heavy atom. The summed E-state index contributed by atoms with van der Waals surface area (Å²) in [6, 6.07) is 4.59. The first-order valence-electron chi connectivity index (χ1n) is 5.16. The lowest BCUT2D eigenvalue weighted by Crippen LogP contribution is -2.36. The van der Waals surface area contributed by atoms with Crippen molar-refractivity contribution < 1.29 is 14.2 Å². The van der Waals surface area contributed by atoms with Gasteiger partial charge in [-0.3, -0.25) is 0 Å². The van der Waals surface area contributed by atoms with Crippen LogP contribution in [0.15, 0.2) is 18.2 Å². The van der Waals surface area contributed by atoms with Crippen LogP contribution in [-0.4, -0.2) is 24.4 Å². The lowest BCUT2D eigenvalue weighted by molar-refractivity contribution is -0.0333. The topological polar surface area (TPSA) is 29.5 Å². The molecule has 0 aromatic heterocycles. The zero-order valence-corrected chi connectivity index (χ0v) is 10.2. The Kier molecular flexibility index (Phi) is 4.71. The predicted molar refractivity (Wildman–Crippen MR) is 62.2 cm³/mol. The second-order valence-electron chi connectivity index (χ2n) is 3.90. The van der Waals surface area contributed by atoms with Gasteiger partial charge in [-0.25, -0.2) is 4.39 Å². The van der Waals surface area contributed by atoms with E-state index in [-0.39, 0.29) is 18.1 Å². The van der Waals surface area contributed by atoms with E-state index >= 15 is 0 Å². The molecule has 0 amide bonds. The minimum atomic E-state index is -0.994. The summed E-state index contributed by atoms with van der Waals surface area (Å²) in [7, 11) is 1.52. The first-order valence-corrected chi connectivity index (χ1v) is 5.54. The van der Waals surface area contributed by atoms with E-state index in [0.717, 1.165) is 0 Å². The Bertz CT molecular complexity index is 357. The van der Waals surface area contributed by atoms with Gasteiger partial charge in [0.05, 0.1) is 17.2 Å². The van der Waals surface area contributed by atoms with Gasteiger partial charge in [0.2, 0.25) is 0 Å².